The molecule has 0 saturated heterocycles. The van der Waals surface area contributed by atoms with Gasteiger partial charge in [0.25, 0.3) is 11.5 Å². The fourth-order valence-electron chi connectivity index (χ4n) is 4.04. The first-order valence-electron chi connectivity index (χ1n) is 12.4. The normalized spacial score (nSPS) is 11.7. The molecule has 0 atom stereocenters. The SMILES string of the molecule is O=C(COc1c(Cl)cc(C=Nn2c(-c3cccc(C(F)(F)F)c3)nc3ccccc3c2=O)cc1Br)Nc1ccc(Cl)cc1. The van der Waals surface area contributed by atoms with Crippen LogP contribution in [0.5, 0.6) is 5.75 Å². The van der Waals surface area contributed by atoms with Gasteiger partial charge in [-0.15, -0.1) is 0 Å². The number of carbonyl (C=O) groups is 1. The molecular formula is C30H18BrCl2F3N4O3. The van der Waals surface area contributed by atoms with E-state index in [2.05, 4.69) is 31.3 Å². The summed E-state index contributed by atoms with van der Waals surface area (Å²) in [7, 11) is 0. The van der Waals surface area contributed by atoms with Crippen molar-refractivity contribution in [1.29, 1.82) is 0 Å². The minimum absolute atomic E-state index is 0.0506. The van der Waals surface area contributed by atoms with Gasteiger partial charge in [-0.25, -0.2) is 4.98 Å². The van der Waals surface area contributed by atoms with Gasteiger partial charge in [0.1, 0.15) is 0 Å². The summed E-state index contributed by atoms with van der Waals surface area (Å²) in [6.07, 6.45) is -3.28. The Kier molecular flexibility index (Phi) is 8.86. The van der Waals surface area contributed by atoms with Gasteiger partial charge in [0.05, 0.1) is 32.2 Å². The second kappa shape index (κ2) is 12.6. The van der Waals surface area contributed by atoms with Crippen LogP contribution in [0, 0.1) is 0 Å². The molecule has 4 aromatic carbocycles. The number of para-hydroxylation sites is 1. The molecule has 0 unspecified atom stereocenters. The number of nitrogens with one attached hydrogen (secondary N) is 1. The third-order valence-corrected chi connectivity index (χ3v) is 7.14. The molecule has 0 aliphatic carbocycles. The lowest BCUT2D eigenvalue weighted by atomic mass is 10.1. The van der Waals surface area contributed by atoms with Crippen LogP contribution < -0.4 is 15.6 Å². The smallest absolute Gasteiger partial charge is 0.416 e. The molecule has 218 valence electrons. The Morgan fingerprint density at radius 1 is 1.02 bits per heavy atom. The first kappa shape index (κ1) is 30.3. The van der Waals surface area contributed by atoms with E-state index >= 15 is 0 Å². The highest BCUT2D eigenvalue weighted by atomic mass is 79.9. The predicted octanol–water partition coefficient (Wildman–Crippen LogP) is 8.05. The minimum Gasteiger partial charge on any atom is -0.481 e. The van der Waals surface area contributed by atoms with E-state index in [1.54, 1.807) is 54.6 Å². The molecule has 0 aliphatic rings. The highest BCUT2D eigenvalue weighted by Gasteiger charge is 2.31. The zero-order valence-electron chi connectivity index (χ0n) is 21.7. The van der Waals surface area contributed by atoms with Crippen molar-refractivity contribution in [1.82, 2.24) is 9.66 Å². The van der Waals surface area contributed by atoms with Crippen molar-refractivity contribution in [3.63, 3.8) is 0 Å². The Bertz CT molecular complexity index is 1910. The number of hydrogen-bond acceptors (Lipinski definition) is 5. The monoisotopic (exact) mass is 688 g/mol. The number of halogens is 6. The topological polar surface area (TPSA) is 85.6 Å². The Morgan fingerprint density at radius 2 is 1.77 bits per heavy atom. The Labute approximate surface area is 260 Å². The van der Waals surface area contributed by atoms with Gasteiger partial charge in [-0.1, -0.05) is 47.5 Å². The molecule has 0 fully saturated rings. The van der Waals surface area contributed by atoms with Crippen LogP contribution in [0.4, 0.5) is 18.9 Å². The number of rotatable bonds is 7. The number of aromatic nitrogens is 2. The van der Waals surface area contributed by atoms with E-state index in [-0.39, 0.29) is 34.2 Å². The van der Waals surface area contributed by atoms with Crippen molar-refractivity contribution in [2.24, 2.45) is 5.10 Å². The maximum atomic E-state index is 13.4. The van der Waals surface area contributed by atoms with Crippen LogP contribution >= 0.6 is 39.1 Å². The summed E-state index contributed by atoms with van der Waals surface area (Å²) in [5, 5.41) is 7.85. The summed E-state index contributed by atoms with van der Waals surface area (Å²) < 4.78 is 47.2. The summed E-state index contributed by atoms with van der Waals surface area (Å²) >= 11 is 15.7. The molecule has 1 amide bonds. The molecule has 0 aliphatic heterocycles. The van der Waals surface area contributed by atoms with E-state index in [0.29, 0.717) is 26.3 Å². The first-order valence-corrected chi connectivity index (χ1v) is 14.0. The molecule has 0 bridgehead atoms. The summed E-state index contributed by atoms with van der Waals surface area (Å²) in [4.78, 5) is 30.2. The third-order valence-electron chi connectivity index (χ3n) is 6.02. The quantitative estimate of drug-likeness (QED) is 0.175. The van der Waals surface area contributed by atoms with E-state index in [4.69, 9.17) is 27.9 Å². The molecule has 13 heteroatoms. The van der Waals surface area contributed by atoms with Crippen LogP contribution in [0.1, 0.15) is 11.1 Å². The lowest BCUT2D eigenvalue weighted by Crippen LogP contribution is -2.20. The van der Waals surface area contributed by atoms with Gasteiger partial charge in [-0.05, 0) is 82.2 Å². The largest absolute Gasteiger partial charge is 0.481 e. The molecule has 1 aromatic heterocycles. The van der Waals surface area contributed by atoms with Crippen molar-refractivity contribution < 1.29 is 22.7 Å². The molecule has 0 saturated carbocycles. The maximum Gasteiger partial charge on any atom is 0.416 e. The van der Waals surface area contributed by atoms with Gasteiger partial charge in [-0.2, -0.15) is 22.9 Å². The summed E-state index contributed by atoms with van der Waals surface area (Å²) in [5.74, 6) is -0.316. The van der Waals surface area contributed by atoms with E-state index in [0.717, 1.165) is 16.8 Å². The number of alkyl halides is 3. The Hall–Kier alpha value is -4.19. The summed E-state index contributed by atoms with van der Waals surface area (Å²) in [6.45, 7) is -0.340. The van der Waals surface area contributed by atoms with Crippen molar-refractivity contribution in [2.75, 3.05) is 11.9 Å². The molecule has 43 heavy (non-hydrogen) atoms. The molecule has 1 heterocycles. The Balaban J connectivity index is 1.44. The van der Waals surface area contributed by atoms with Gasteiger partial charge in [0, 0.05) is 16.3 Å². The third kappa shape index (κ3) is 7.07. The minimum atomic E-state index is -4.59. The van der Waals surface area contributed by atoms with Crippen LogP contribution in [0.25, 0.3) is 22.3 Å². The van der Waals surface area contributed by atoms with Crippen LogP contribution in [0.15, 0.2) is 99.3 Å². The molecule has 0 radical (unpaired) electrons. The second-order valence-corrected chi connectivity index (χ2v) is 10.7. The molecule has 5 rings (SSSR count). The van der Waals surface area contributed by atoms with E-state index in [9.17, 15) is 22.8 Å². The lowest BCUT2D eigenvalue weighted by molar-refractivity contribution is -0.137. The van der Waals surface area contributed by atoms with Crippen molar-refractivity contribution in [3.05, 3.63) is 121 Å². The van der Waals surface area contributed by atoms with E-state index in [1.165, 1.54) is 24.4 Å². The fourth-order valence-corrected chi connectivity index (χ4v) is 5.15. The number of hydrogen-bond donors (Lipinski definition) is 1. The number of ether oxygens (including phenoxy) is 1. The predicted molar refractivity (Wildman–Crippen MR) is 164 cm³/mol. The van der Waals surface area contributed by atoms with E-state index < -0.39 is 23.2 Å². The number of amides is 1. The highest BCUT2D eigenvalue weighted by molar-refractivity contribution is 9.10. The summed E-state index contributed by atoms with van der Waals surface area (Å²) in [6, 6.07) is 20.6. The van der Waals surface area contributed by atoms with E-state index in [1.807, 2.05) is 0 Å². The van der Waals surface area contributed by atoms with Gasteiger partial charge in [-0.3, -0.25) is 9.59 Å². The fraction of sp³-hybridized carbons (Fsp3) is 0.0667. The molecule has 7 nitrogen and oxygen atoms in total. The van der Waals surface area contributed by atoms with Gasteiger partial charge in [0.15, 0.2) is 18.2 Å². The zero-order valence-corrected chi connectivity index (χ0v) is 24.8. The average Bonchev–Trinajstić information content (AvgIpc) is 2.97. The number of carbonyl (C=O) groups excluding carboxylic acids is 1. The molecule has 1 N–H and O–H groups in total. The van der Waals surface area contributed by atoms with Gasteiger partial charge < -0.3 is 10.1 Å². The van der Waals surface area contributed by atoms with Crippen molar-refractivity contribution >= 4 is 67.8 Å². The standard InChI is InChI=1S/C30H18BrCl2F3N4O3/c31-23-12-17(13-24(33)27(23)43-16-26(41)38-21-10-8-20(32)9-11-21)15-37-40-28(18-4-3-5-19(14-18)30(34,35)36)39-25-7-2-1-6-22(25)29(40)42/h1-15H,16H2,(H,38,41). The van der Waals surface area contributed by atoms with Gasteiger partial charge in [0.2, 0.25) is 0 Å². The first-order chi connectivity index (χ1) is 20.5. The van der Waals surface area contributed by atoms with Crippen LogP contribution in [0.2, 0.25) is 10.0 Å². The number of nitrogens with zero attached hydrogens (tertiary/aromatic N) is 3. The Morgan fingerprint density at radius 3 is 2.49 bits per heavy atom. The average molecular weight is 690 g/mol. The molecule has 5 aromatic rings. The highest BCUT2D eigenvalue weighted by Crippen LogP contribution is 2.35. The van der Waals surface area contributed by atoms with Crippen LogP contribution in [-0.2, 0) is 11.0 Å². The second-order valence-electron chi connectivity index (χ2n) is 9.05. The number of benzene rings is 4. The maximum absolute atomic E-state index is 13.4. The van der Waals surface area contributed by atoms with Crippen molar-refractivity contribution in [3.8, 4) is 17.1 Å². The lowest BCUT2D eigenvalue weighted by Gasteiger charge is -2.13. The van der Waals surface area contributed by atoms with Crippen LogP contribution in [0.3, 0.4) is 0 Å². The van der Waals surface area contributed by atoms with Crippen LogP contribution in [-0.4, -0.2) is 28.4 Å². The molecular weight excluding hydrogens is 672 g/mol. The number of fused-ring (bicyclic) bond motifs is 1. The molecule has 0 spiro atoms. The number of anilines is 1. The summed E-state index contributed by atoms with van der Waals surface area (Å²) in [5.41, 5.74) is -0.155. The zero-order chi connectivity index (χ0) is 30.7. The van der Waals surface area contributed by atoms with Crippen molar-refractivity contribution in [2.45, 2.75) is 6.18 Å². The van der Waals surface area contributed by atoms with Gasteiger partial charge >= 0.3 is 6.18 Å².